The van der Waals surface area contributed by atoms with Crippen molar-refractivity contribution in [2.75, 3.05) is 13.1 Å². The Bertz CT molecular complexity index is 620. The number of rotatable bonds is 2. The van der Waals surface area contributed by atoms with E-state index < -0.39 is 0 Å². The van der Waals surface area contributed by atoms with Gasteiger partial charge in [0.05, 0.1) is 5.56 Å². The predicted molar refractivity (Wildman–Crippen MR) is 78.5 cm³/mol. The van der Waals surface area contributed by atoms with Crippen molar-refractivity contribution in [2.45, 2.75) is 25.8 Å². The van der Waals surface area contributed by atoms with Crippen LogP contribution in [0.5, 0.6) is 0 Å². The summed E-state index contributed by atoms with van der Waals surface area (Å²) in [7, 11) is 0. The highest BCUT2D eigenvalue weighted by molar-refractivity contribution is 6.06. The van der Waals surface area contributed by atoms with E-state index in [1.807, 2.05) is 29.2 Å². The quantitative estimate of drug-likeness (QED) is 0.914. The molecule has 0 radical (unpaired) electrons. The fourth-order valence-corrected chi connectivity index (χ4v) is 3.16. The minimum atomic E-state index is 0.0388. The zero-order chi connectivity index (χ0) is 14.1. The van der Waals surface area contributed by atoms with Gasteiger partial charge in [0.15, 0.2) is 0 Å². The molecule has 20 heavy (non-hydrogen) atoms. The summed E-state index contributed by atoms with van der Waals surface area (Å²) in [6, 6.07) is 7.77. The van der Waals surface area contributed by atoms with Crippen molar-refractivity contribution >= 4 is 16.9 Å². The molecule has 2 aromatic rings. The highest BCUT2D eigenvalue weighted by atomic mass is 16.3. The normalized spacial score (nSPS) is 23.2. The summed E-state index contributed by atoms with van der Waals surface area (Å²) < 4.78 is 5.48. The number of amides is 1. The molecule has 0 spiro atoms. The van der Waals surface area contributed by atoms with Gasteiger partial charge in [-0.3, -0.25) is 4.79 Å². The number of nitrogens with zero attached hydrogens (tertiary/aromatic N) is 1. The van der Waals surface area contributed by atoms with Gasteiger partial charge in [0.25, 0.3) is 5.91 Å². The van der Waals surface area contributed by atoms with Crippen molar-refractivity contribution < 1.29 is 9.21 Å². The Kier molecular flexibility index (Phi) is 3.49. The minimum absolute atomic E-state index is 0.0388. The fraction of sp³-hybridized carbons (Fsp3) is 0.438. The number of nitrogens with two attached hydrogens (primary N) is 1. The van der Waals surface area contributed by atoms with Gasteiger partial charge in [0, 0.05) is 24.5 Å². The molecule has 106 valence electrons. The van der Waals surface area contributed by atoms with Crippen molar-refractivity contribution in [1.82, 2.24) is 4.90 Å². The number of hydrogen-bond donors (Lipinski definition) is 1. The Labute approximate surface area is 118 Å². The van der Waals surface area contributed by atoms with E-state index >= 15 is 0 Å². The molecule has 2 atom stereocenters. The number of carbonyl (C=O) groups is 1. The van der Waals surface area contributed by atoms with Gasteiger partial charge in [-0.2, -0.15) is 0 Å². The van der Waals surface area contributed by atoms with Crippen molar-refractivity contribution in [3.8, 4) is 0 Å². The van der Waals surface area contributed by atoms with Crippen LogP contribution in [-0.4, -0.2) is 29.9 Å². The van der Waals surface area contributed by atoms with Crippen molar-refractivity contribution in [3.63, 3.8) is 0 Å². The van der Waals surface area contributed by atoms with E-state index in [0.717, 1.165) is 30.4 Å². The third-order valence-corrected chi connectivity index (χ3v) is 4.33. The number of furan rings is 1. The summed E-state index contributed by atoms with van der Waals surface area (Å²) in [6.45, 7) is 3.47. The summed E-state index contributed by atoms with van der Waals surface area (Å²) in [5.74, 6) is 0.493. The van der Waals surface area contributed by atoms with Crippen LogP contribution in [0, 0.1) is 5.92 Å². The Hall–Kier alpha value is -1.81. The van der Waals surface area contributed by atoms with Crippen LogP contribution in [0.2, 0.25) is 0 Å². The predicted octanol–water partition coefficient (Wildman–Crippen LogP) is 2.63. The second-order valence-electron chi connectivity index (χ2n) is 5.57. The number of fused-ring (bicyclic) bond motifs is 1. The summed E-state index contributed by atoms with van der Waals surface area (Å²) in [5, 5.41) is 0.881. The van der Waals surface area contributed by atoms with Gasteiger partial charge in [-0.25, -0.2) is 0 Å². The van der Waals surface area contributed by atoms with E-state index in [4.69, 9.17) is 10.2 Å². The maximum absolute atomic E-state index is 12.8. The van der Waals surface area contributed by atoms with Crippen LogP contribution < -0.4 is 5.73 Å². The van der Waals surface area contributed by atoms with Gasteiger partial charge in [0.1, 0.15) is 11.8 Å². The zero-order valence-corrected chi connectivity index (χ0v) is 11.7. The minimum Gasteiger partial charge on any atom is -0.463 e. The molecular formula is C16H20N2O2. The highest BCUT2D eigenvalue weighted by Crippen LogP contribution is 2.27. The Morgan fingerprint density at radius 1 is 1.45 bits per heavy atom. The van der Waals surface area contributed by atoms with Crippen LogP contribution in [0.25, 0.3) is 11.0 Å². The fourth-order valence-electron chi connectivity index (χ4n) is 3.16. The van der Waals surface area contributed by atoms with Gasteiger partial charge in [-0.1, -0.05) is 25.1 Å². The molecule has 1 saturated heterocycles. The Morgan fingerprint density at radius 3 is 3.05 bits per heavy atom. The molecule has 1 fully saturated rings. The number of carbonyl (C=O) groups excluding carboxylic acids is 1. The summed E-state index contributed by atoms with van der Waals surface area (Å²) in [5.41, 5.74) is 7.27. The van der Waals surface area contributed by atoms with Gasteiger partial charge in [0.2, 0.25) is 0 Å². The topological polar surface area (TPSA) is 59.5 Å². The third kappa shape index (κ3) is 2.10. The largest absolute Gasteiger partial charge is 0.463 e. The first kappa shape index (κ1) is 13.2. The molecule has 0 bridgehead atoms. The second-order valence-corrected chi connectivity index (χ2v) is 5.57. The average Bonchev–Trinajstić information content (AvgIpc) is 2.90. The first-order valence-corrected chi connectivity index (χ1v) is 7.19. The number of para-hydroxylation sites is 1. The lowest BCUT2D eigenvalue weighted by Crippen LogP contribution is -2.51. The molecule has 1 amide bonds. The van der Waals surface area contributed by atoms with E-state index in [1.54, 1.807) is 6.26 Å². The van der Waals surface area contributed by atoms with Crippen LogP contribution >= 0.6 is 0 Å². The van der Waals surface area contributed by atoms with Crippen molar-refractivity contribution in [3.05, 3.63) is 36.1 Å². The lowest BCUT2D eigenvalue weighted by atomic mass is 9.90. The number of benzene rings is 1. The first-order chi connectivity index (χ1) is 9.72. The van der Waals surface area contributed by atoms with Crippen LogP contribution in [0.4, 0.5) is 0 Å². The molecule has 0 saturated carbocycles. The maximum atomic E-state index is 12.8. The molecule has 4 nitrogen and oxygen atoms in total. The Morgan fingerprint density at radius 2 is 2.25 bits per heavy atom. The SMILES string of the molecule is CC1CCCN(C(=O)c2coc3ccccc23)C1CN. The van der Waals surface area contributed by atoms with E-state index in [1.165, 1.54) is 0 Å². The molecule has 1 aromatic heterocycles. The summed E-state index contributed by atoms with van der Waals surface area (Å²) in [4.78, 5) is 14.7. The van der Waals surface area contributed by atoms with Crippen LogP contribution in [0.3, 0.4) is 0 Å². The van der Waals surface area contributed by atoms with Crippen LogP contribution in [0.1, 0.15) is 30.1 Å². The molecule has 1 aliphatic heterocycles. The molecule has 0 aliphatic carbocycles. The van der Waals surface area contributed by atoms with Gasteiger partial charge in [-0.05, 0) is 24.8 Å². The monoisotopic (exact) mass is 272 g/mol. The van der Waals surface area contributed by atoms with E-state index in [0.29, 0.717) is 18.0 Å². The average molecular weight is 272 g/mol. The molecule has 1 aromatic carbocycles. The number of hydrogen-bond acceptors (Lipinski definition) is 3. The first-order valence-electron chi connectivity index (χ1n) is 7.19. The number of piperidine rings is 1. The Balaban J connectivity index is 1.95. The molecule has 1 aliphatic rings. The lowest BCUT2D eigenvalue weighted by molar-refractivity contribution is 0.0533. The molecule has 2 heterocycles. The molecule has 4 heteroatoms. The van der Waals surface area contributed by atoms with Crippen LogP contribution in [-0.2, 0) is 0 Å². The van der Waals surface area contributed by atoms with Gasteiger partial charge >= 0.3 is 0 Å². The van der Waals surface area contributed by atoms with Crippen molar-refractivity contribution in [2.24, 2.45) is 11.7 Å². The smallest absolute Gasteiger partial charge is 0.258 e. The molecular weight excluding hydrogens is 252 g/mol. The second kappa shape index (κ2) is 5.29. The lowest BCUT2D eigenvalue weighted by Gasteiger charge is -2.39. The summed E-state index contributed by atoms with van der Waals surface area (Å²) >= 11 is 0. The number of likely N-dealkylation sites (tertiary alicyclic amines) is 1. The van der Waals surface area contributed by atoms with E-state index in [-0.39, 0.29) is 11.9 Å². The summed E-state index contributed by atoms with van der Waals surface area (Å²) in [6.07, 6.45) is 3.75. The van der Waals surface area contributed by atoms with Gasteiger partial charge in [-0.15, -0.1) is 0 Å². The van der Waals surface area contributed by atoms with Gasteiger partial charge < -0.3 is 15.1 Å². The van der Waals surface area contributed by atoms with E-state index in [9.17, 15) is 4.79 Å². The zero-order valence-electron chi connectivity index (χ0n) is 11.7. The van der Waals surface area contributed by atoms with Crippen LogP contribution in [0.15, 0.2) is 34.9 Å². The molecule has 2 unspecified atom stereocenters. The molecule has 3 rings (SSSR count). The third-order valence-electron chi connectivity index (χ3n) is 4.33. The maximum Gasteiger partial charge on any atom is 0.258 e. The van der Waals surface area contributed by atoms with Crippen molar-refractivity contribution in [1.29, 1.82) is 0 Å². The highest BCUT2D eigenvalue weighted by Gasteiger charge is 2.32. The standard InChI is InChI=1S/C16H20N2O2/c1-11-5-4-8-18(14(11)9-17)16(19)13-10-20-15-7-3-2-6-12(13)15/h2-3,6-7,10-11,14H,4-5,8-9,17H2,1H3. The van der Waals surface area contributed by atoms with E-state index in [2.05, 4.69) is 6.92 Å². The molecule has 2 N–H and O–H groups in total.